The Morgan fingerprint density at radius 3 is 1.38 bits per heavy atom. The SMILES string of the molecule is C.O.O.O=C(O)CC(O)CO.O=C(O)CO. The largest absolute Gasteiger partial charge is 0.481 e. The molecule has 0 saturated heterocycles. The molecule has 9 N–H and O–H groups in total. The van der Waals surface area contributed by atoms with Gasteiger partial charge in [-0.05, 0) is 0 Å². The highest BCUT2D eigenvalue weighted by Gasteiger charge is 2.05. The van der Waals surface area contributed by atoms with Crippen molar-refractivity contribution in [1.29, 1.82) is 0 Å². The van der Waals surface area contributed by atoms with E-state index in [0.29, 0.717) is 0 Å². The van der Waals surface area contributed by atoms with Crippen molar-refractivity contribution in [2.75, 3.05) is 13.2 Å². The minimum absolute atomic E-state index is 0. The molecule has 0 aromatic rings. The number of carboxylic acids is 2. The first-order valence-electron chi connectivity index (χ1n) is 3.27. The first-order valence-corrected chi connectivity index (χ1v) is 3.27. The van der Waals surface area contributed by atoms with Crippen molar-refractivity contribution in [3.8, 4) is 0 Å². The Morgan fingerprint density at radius 2 is 1.31 bits per heavy atom. The summed E-state index contributed by atoms with van der Waals surface area (Å²) in [4.78, 5) is 18.8. The Hall–Kier alpha value is -1.26. The third-order valence-corrected chi connectivity index (χ3v) is 0.756. The smallest absolute Gasteiger partial charge is 0.329 e. The number of hydrogen-bond donors (Lipinski definition) is 5. The van der Waals surface area contributed by atoms with E-state index in [1.54, 1.807) is 0 Å². The van der Waals surface area contributed by atoms with Crippen LogP contribution < -0.4 is 0 Å². The van der Waals surface area contributed by atoms with Crippen LogP contribution in [0, 0.1) is 0 Å². The molecule has 0 heterocycles. The molecule has 16 heavy (non-hydrogen) atoms. The summed E-state index contributed by atoms with van der Waals surface area (Å²) in [5.74, 6) is -2.29. The lowest BCUT2D eigenvalue weighted by Crippen LogP contribution is -2.16. The summed E-state index contributed by atoms with van der Waals surface area (Å²) in [5.41, 5.74) is 0. The van der Waals surface area contributed by atoms with Crippen LogP contribution in [0.5, 0.6) is 0 Å². The third-order valence-electron chi connectivity index (χ3n) is 0.756. The molecular weight excluding hydrogens is 228 g/mol. The molecule has 0 bridgehead atoms. The van der Waals surface area contributed by atoms with Crippen LogP contribution in [-0.4, -0.2) is 67.7 Å². The number of carbonyl (C=O) groups is 2. The van der Waals surface area contributed by atoms with Gasteiger partial charge in [0.1, 0.15) is 6.61 Å². The minimum Gasteiger partial charge on any atom is -0.481 e. The van der Waals surface area contributed by atoms with Gasteiger partial charge in [0.25, 0.3) is 0 Å². The Bertz CT molecular complexity index is 158. The molecule has 102 valence electrons. The Labute approximate surface area is 92.2 Å². The highest BCUT2D eigenvalue weighted by Crippen LogP contribution is 1.87. The van der Waals surface area contributed by atoms with E-state index >= 15 is 0 Å². The molecule has 0 saturated carbocycles. The molecule has 0 aromatic carbocycles. The average Bonchev–Trinajstić information content (AvgIpc) is 2.04. The highest BCUT2D eigenvalue weighted by molar-refractivity contribution is 5.67. The van der Waals surface area contributed by atoms with Gasteiger partial charge < -0.3 is 36.5 Å². The first-order chi connectivity index (χ1) is 5.93. The lowest BCUT2D eigenvalue weighted by Gasteiger charge is -1.99. The van der Waals surface area contributed by atoms with Gasteiger partial charge in [-0.2, -0.15) is 0 Å². The quantitative estimate of drug-likeness (QED) is 0.346. The van der Waals surface area contributed by atoms with Crippen molar-refractivity contribution in [3.05, 3.63) is 0 Å². The molecule has 0 amide bonds. The van der Waals surface area contributed by atoms with Gasteiger partial charge in [0.15, 0.2) is 0 Å². The third kappa shape index (κ3) is 38.7. The molecule has 9 nitrogen and oxygen atoms in total. The predicted octanol–water partition coefficient (Wildman–Crippen LogP) is -3.14. The van der Waals surface area contributed by atoms with Crippen LogP contribution in [0.15, 0.2) is 0 Å². The van der Waals surface area contributed by atoms with Crippen molar-refractivity contribution in [3.63, 3.8) is 0 Å². The molecular formula is C7H20O9. The van der Waals surface area contributed by atoms with Gasteiger partial charge in [0, 0.05) is 0 Å². The zero-order valence-electron chi connectivity index (χ0n) is 7.75. The van der Waals surface area contributed by atoms with E-state index < -0.39 is 37.7 Å². The van der Waals surface area contributed by atoms with Crippen molar-refractivity contribution >= 4 is 11.9 Å². The van der Waals surface area contributed by atoms with Crippen molar-refractivity contribution < 1.29 is 46.1 Å². The Kier molecular flexibility index (Phi) is 35.4. The number of carboxylic acid groups (broad SMARTS) is 2. The second kappa shape index (κ2) is 19.3. The van der Waals surface area contributed by atoms with Crippen LogP contribution in [-0.2, 0) is 9.59 Å². The average molecular weight is 248 g/mol. The van der Waals surface area contributed by atoms with E-state index in [2.05, 4.69) is 0 Å². The van der Waals surface area contributed by atoms with Crippen LogP contribution in [0.1, 0.15) is 13.8 Å². The fourth-order valence-corrected chi connectivity index (χ4v) is 0.266. The first kappa shape index (κ1) is 29.3. The summed E-state index contributed by atoms with van der Waals surface area (Å²) in [5, 5.41) is 39.4. The lowest BCUT2D eigenvalue weighted by atomic mass is 10.3. The van der Waals surface area contributed by atoms with Gasteiger partial charge in [-0.15, -0.1) is 0 Å². The van der Waals surface area contributed by atoms with Crippen LogP contribution in [0.2, 0.25) is 0 Å². The maximum atomic E-state index is 9.70. The zero-order valence-corrected chi connectivity index (χ0v) is 7.75. The summed E-state index contributed by atoms with van der Waals surface area (Å²) in [6.07, 6.45) is -1.51. The fraction of sp³-hybridized carbons (Fsp3) is 0.714. The van der Waals surface area contributed by atoms with Crippen molar-refractivity contribution in [2.45, 2.75) is 20.0 Å². The van der Waals surface area contributed by atoms with E-state index in [0.717, 1.165) is 0 Å². The maximum absolute atomic E-state index is 9.70. The number of aliphatic hydroxyl groups is 3. The molecule has 0 fully saturated rings. The van der Waals surface area contributed by atoms with Gasteiger partial charge in [-0.1, -0.05) is 7.43 Å². The van der Waals surface area contributed by atoms with Crippen LogP contribution in [0.25, 0.3) is 0 Å². The molecule has 9 heteroatoms. The Balaban J connectivity index is -0.0000000454. The summed E-state index contributed by atoms with van der Waals surface area (Å²) < 4.78 is 0. The number of aliphatic carboxylic acids is 2. The number of aliphatic hydroxyl groups excluding tert-OH is 3. The van der Waals surface area contributed by atoms with Gasteiger partial charge in [0.05, 0.1) is 19.1 Å². The molecule has 0 aromatic heterocycles. The normalized spacial score (nSPS) is 8.94. The topological polar surface area (TPSA) is 198 Å². The van der Waals surface area contributed by atoms with Crippen molar-refractivity contribution in [2.24, 2.45) is 0 Å². The summed E-state index contributed by atoms with van der Waals surface area (Å²) in [6, 6.07) is 0. The second-order valence-corrected chi connectivity index (χ2v) is 1.99. The molecule has 0 aliphatic carbocycles. The summed E-state index contributed by atoms with van der Waals surface area (Å²) in [7, 11) is 0. The van der Waals surface area contributed by atoms with E-state index in [1.165, 1.54) is 0 Å². The maximum Gasteiger partial charge on any atom is 0.329 e. The molecule has 0 radical (unpaired) electrons. The lowest BCUT2D eigenvalue weighted by molar-refractivity contribution is -0.140. The molecule has 1 atom stereocenters. The van der Waals surface area contributed by atoms with Crippen LogP contribution in [0.3, 0.4) is 0 Å². The molecule has 0 rings (SSSR count). The van der Waals surface area contributed by atoms with Gasteiger partial charge >= 0.3 is 11.9 Å². The monoisotopic (exact) mass is 248 g/mol. The van der Waals surface area contributed by atoms with Gasteiger partial charge in [-0.3, -0.25) is 4.79 Å². The Morgan fingerprint density at radius 1 is 1.00 bits per heavy atom. The number of rotatable bonds is 4. The predicted molar refractivity (Wildman–Crippen MR) is 54.0 cm³/mol. The number of hydrogen-bond acceptors (Lipinski definition) is 5. The van der Waals surface area contributed by atoms with Crippen molar-refractivity contribution in [1.82, 2.24) is 0 Å². The molecule has 0 spiro atoms. The van der Waals surface area contributed by atoms with E-state index in [-0.39, 0.29) is 18.4 Å². The van der Waals surface area contributed by atoms with Gasteiger partial charge in [0.2, 0.25) is 0 Å². The zero-order chi connectivity index (χ0) is 10.9. The minimum atomic E-state index is -1.19. The molecule has 0 aliphatic rings. The van der Waals surface area contributed by atoms with E-state index in [1.807, 2.05) is 0 Å². The van der Waals surface area contributed by atoms with Gasteiger partial charge in [-0.25, -0.2) is 4.79 Å². The summed E-state index contributed by atoms with van der Waals surface area (Å²) in [6.45, 7) is -1.27. The standard InChI is InChI=1S/C4H8O4.C2H4O3.CH4.2H2O/c5-2-3(6)1-4(7)8;3-1-2(4)5;;;/h3,5-6H,1-2H2,(H,7,8);3H,1H2,(H,4,5);1H4;2*1H2. The van der Waals surface area contributed by atoms with Crippen LogP contribution >= 0.6 is 0 Å². The van der Waals surface area contributed by atoms with Crippen LogP contribution in [0.4, 0.5) is 0 Å². The van der Waals surface area contributed by atoms with E-state index in [4.69, 9.17) is 30.3 Å². The second-order valence-electron chi connectivity index (χ2n) is 1.99. The summed E-state index contributed by atoms with van der Waals surface area (Å²) >= 11 is 0. The molecule has 1 unspecified atom stereocenters. The highest BCUT2D eigenvalue weighted by atomic mass is 16.4. The fourth-order valence-electron chi connectivity index (χ4n) is 0.266. The molecule has 0 aliphatic heterocycles. The van der Waals surface area contributed by atoms with E-state index in [9.17, 15) is 4.79 Å².